The Hall–Kier alpha value is -0.790. The van der Waals surface area contributed by atoms with Gasteiger partial charge in [0.15, 0.2) is 0 Å². The summed E-state index contributed by atoms with van der Waals surface area (Å²) in [4.78, 5) is 13.0. The van der Waals surface area contributed by atoms with Crippen LogP contribution in [-0.2, 0) is 4.79 Å². The Morgan fingerprint density at radius 1 is 1.50 bits per heavy atom. The van der Waals surface area contributed by atoms with Crippen molar-refractivity contribution < 1.29 is 4.79 Å². The second kappa shape index (κ2) is 7.60. The molecule has 1 amide bonds. The highest BCUT2D eigenvalue weighted by Gasteiger charge is 2.18. The van der Waals surface area contributed by atoms with Gasteiger partial charge < -0.3 is 10.2 Å². The Balaban J connectivity index is 0.00000169. The van der Waals surface area contributed by atoms with Gasteiger partial charge in [0.05, 0.1) is 6.07 Å². The molecule has 1 rings (SSSR count). The maximum Gasteiger partial charge on any atom is 0.222 e. The van der Waals surface area contributed by atoms with Crippen LogP contribution in [0.5, 0.6) is 0 Å². The van der Waals surface area contributed by atoms with Gasteiger partial charge in [0, 0.05) is 39.0 Å². The monoisotopic (exact) mass is 217 g/mol. The zero-order valence-electron chi connectivity index (χ0n) is 8.16. The number of likely N-dealkylation sites (tertiary alicyclic amines) is 1. The maximum absolute atomic E-state index is 11.1. The molecule has 0 unspecified atom stereocenters. The van der Waals surface area contributed by atoms with Gasteiger partial charge in [-0.1, -0.05) is 0 Å². The summed E-state index contributed by atoms with van der Waals surface area (Å²) in [5, 5.41) is 11.4. The number of nitrogens with one attached hydrogen (secondary N) is 1. The molecule has 1 aliphatic rings. The largest absolute Gasteiger partial charge is 0.341 e. The first-order chi connectivity index (χ1) is 6.34. The lowest BCUT2D eigenvalue weighted by Crippen LogP contribution is -2.33. The lowest BCUT2D eigenvalue weighted by atomic mass is 10.4. The van der Waals surface area contributed by atoms with Crippen molar-refractivity contribution in [3.63, 3.8) is 0 Å². The van der Waals surface area contributed by atoms with E-state index < -0.39 is 0 Å². The topological polar surface area (TPSA) is 56.1 Å². The van der Waals surface area contributed by atoms with E-state index in [2.05, 4.69) is 11.4 Å². The number of carbonyl (C=O) groups excluding carboxylic acids is 1. The predicted octanol–water partition coefficient (Wildman–Crippen LogP) is 0.534. The molecular weight excluding hydrogens is 202 g/mol. The van der Waals surface area contributed by atoms with Crippen LogP contribution in [0.1, 0.15) is 19.3 Å². The van der Waals surface area contributed by atoms with E-state index in [1.54, 1.807) is 0 Å². The van der Waals surface area contributed by atoms with Crippen LogP contribution in [0.15, 0.2) is 0 Å². The van der Waals surface area contributed by atoms with E-state index >= 15 is 0 Å². The molecule has 0 aromatic carbocycles. The van der Waals surface area contributed by atoms with E-state index in [0.29, 0.717) is 12.8 Å². The lowest BCUT2D eigenvalue weighted by molar-refractivity contribution is -0.127. The molecule has 1 N–H and O–H groups in total. The van der Waals surface area contributed by atoms with Crippen LogP contribution < -0.4 is 5.32 Å². The fourth-order valence-corrected chi connectivity index (χ4v) is 1.42. The molecule has 4 nitrogen and oxygen atoms in total. The molecule has 1 saturated heterocycles. The summed E-state index contributed by atoms with van der Waals surface area (Å²) in [6.45, 7) is 3.20. The van der Waals surface area contributed by atoms with Crippen LogP contribution in [0, 0.1) is 11.3 Å². The summed E-state index contributed by atoms with van der Waals surface area (Å²) in [6.07, 6.45) is 2.24. The molecule has 1 aliphatic heterocycles. The third-order valence-corrected chi connectivity index (χ3v) is 2.14. The van der Waals surface area contributed by atoms with Crippen molar-refractivity contribution in [2.45, 2.75) is 19.3 Å². The van der Waals surface area contributed by atoms with E-state index in [1.165, 1.54) is 0 Å². The minimum absolute atomic E-state index is 0. The number of hydrogen-bond acceptors (Lipinski definition) is 3. The van der Waals surface area contributed by atoms with Crippen molar-refractivity contribution in [3.05, 3.63) is 0 Å². The summed E-state index contributed by atoms with van der Waals surface area (Å²) >= 11 is 0. The van der Waals surface area contributed by atoms with E-state index in [-0.39, 0.29) is 18.3 Å². The highest BCUT2D eigenvalue weighted by molar-refractivity contribution is 5.85. The average Bonchev–Trinajstić information content (AvgIpc) is 2.52. The van der Waals surface area contributed by atoms with Gasteiger partial charge in [-0.2, -0.15) is 5.26 Å². The molecule has 1 fully saturated rings. The molecule has 0 radical (unpaired) electrons. The molecule has 0 spiro atoms. The number of nitriles is 1. The average molecular weight is 218 g/mol. The van der Waals surface area contributed by atoms with Gasteiger partial charge in [-0.3, -0.25) is 4.79 Å². The zero-order chi connectivity index (χ0) is 9.52. The van der Waals surface area contributed by atoms with Crippen LogP contribution in [-0.4, -0.2) is 37.0 Å². The van der Waals surface area contributed by atoms with Crippen molar-refractivity contribution in [3.8, 4) is 6.07 Å². The van der Waals surface area contributed by atoms with Crippen molar-refractivity contribution in [1.29, 1.82) is 5.26 Å². The quantitative estimate of drug-likeness (QED) is 0.684. The van der Waals surface area contributed by atoms with Crippen LogP contribution in [0.3, 0.4) is 0 Å². The number of amides is 1. The minimum Gasteiger partial charge on any atom is -0.341 e. The SMILES string of the molecule is Cl.N#CCCNCCN1CCCC1=O. The fraction of sp³-hybridized carbons (Fsp3) is 0.778. The molecular formula is C9H16ClN3O. The Labute approximate surface area is 90.7 Å². The first kappa shape index (κ1) is 13.2. The Kier molecular flexibility index (Phi) is 7.17. The fourth-order valence-electron chi connectivity index (χ4n) is 1.42. The molecule has 0 atom stereocenters. The second-order valence-electron chi connectivity index (χ2n) is 3.14. The maximum atomic E-state index is 11.1. The van der Waals surface area contributed by atoms with Crippen molar-refractivity contribution >= 4 is 18.3 Å². The molecule has 0 aromatic rings. The highest BCUT2D eigenvalue weighted by atomic mass is 35.5. The predicted molar refractivity (Wildman–Crippen MR) is 56.2 cm³/mol. The van der Waals surface area contributed by atoms with Gasteiger partial charge in [-0.25, -0.2) is 0 Å². The van der Waals surface area contributed by atoms with Gasteiger partial charge in [-0.05, 0) is 6.42 Å². The second-order valence-corrected chi connectivity index (χ2v) is 3.14. The first-order valence-corrected chi connectivity index (χ1v) is 4.70. The highest BCUT2D eigenvalue weighted by Crippen LogP contribution is 2.07. The van der Waals surface area contributed by atoms with Crippen LogP contribution in [0.4, 0.5) is 0 Å². The minimum atomic E-state index is 0. The number of rotatable bonds is 5. The molecule has 14 heavy (non-hydrogen) atoms. The summed E-state index contributed by atoms with van der Waals surface area (Å²) in [6, 6.07) is 2.06. The van der Waals surface area contributed by atoms with Gasteiger partial charge in [-0.15, -0.1) is 12.4 Å². The Morgan fingerprint density at radius 3 is 2.86 bits per heavy atom. The summed E-state index contributed by atoms with van der Waals surface area (Å²) < 4.78 is 0. The van der Waals surface area contributed by atoms with Gasteiger partial charge >= 0.3 is 0 Å². The molecule has 0 aliphatic carbocycles. The third-order valence-electron chi connectivity index (χ3n) is 2.14. The van der Waals surface area contributed by atoms with E-state index in [1.807, 2.05) is 4.90 Å². The number of halogens is 1. The Bertz CT molecular complexity index is 215. The third kappa shape index (κ3) is 4.45. The van der Waals surface area contributed by atoms with Crippen molar-refractivity contribution in [2.24, 2.45) is 0 Å². The molecule has 0 saturated carbocycles. The number of carbonyl (C=O) groups is 1. The molecule has 0 bridgehead atoms. The summed E-state index contributed by atoms with van der Waals surface area (Å²) in [7, 11) is 0. The van der Waals surface area contributed by atoms with Gasteiger partial charge in [0.2, 0.25) is 5.91 Å². The standard InChI is InChI=1S/C9H15N3O.ClH/c10-4-2-5-11-6-8-12-7-1-3-9(12)13;/h11H,1-3,5-8H2;1H. The molecule has 80 valence electrons. The van der Waals surface area contributed by atoms with Crippen molar-refractivity contribution in [2.75, 3.05) is 26.2 Å². The molecule has 1 heterocycles. The van der Waals surface area contributed by atoms with E-state index in [4.69, 9.17) is 5.26 Å². The first-order valence-electron chi connectivity index (χ1n) is 4.70. The van der Waals surface area contributed by atoms with Crippen molar-refractivity contribution in [1.82, 2.24) is 10.2 Å². The number of nitrogens with zero attached hydrogens (tertiary/aromatic N) is 2. The lowest BCUT2D eigenvalue weighted by Gasteiger charge is -2.14. The van der Waals surface area contributed by atoms with E-state index in [9.17, 15) is 4.79 Å². The van der Waals surface area contributed by atoms with Crippen LogP contribution >= 0.6 is 12.4 Å². The smallest absolute Gasteiger partial charge is 0.222 e. The molecule has 0 aromatic heterocycles. The summed E-state index contributed by atoms with van der Waals surface area (Å²) in [5.74, 6) is 0.266. The Morgan fingerprint density at radius 2 is 2.29 bits per heavy atom. The molecule has 5 heteroatoms. The summed E-state index contributed by atoms with van der Waals surface area (Å²) in [5.41, 5.74) is 0. The number of hydrogen-bond donors (Lipinski definition) is 1. The van der Waals surface area contributed by atoms with Gasteiger partial charge in [0.25, 0.3) is 0 Å². The normalized spacial score (nSPS) is 15.1. The zero-order valence-corrected chi connectivity index (χ0v) is 8.98. The van der Waals surface area contributed by atoms with E-state index in [0.717, 1.165) is 32.6 Å². The van der Waals surface area contributed by atoms with Crippen LogP contribution in [0.25, 0.3) is 0 Å². The van der Waals surface area contributed by atoms with Gasteiger partial charge in [0.1, 0.15) is 0 Å². The van der Waals surface area contributed by atoms with Crippen LogP contribution in [0.2, 0.25) is 0 Å².